The van der Waals surface area contributed by atoms with Crippen molar-refractivity contribution >= 4 is 159 Å². The van der Waals surface area contributed by atoms with E-state index in [1.807, 2.05) is 39.2 Å². The molecule has 0 radical (unpaired) electrons. The average molecular weight is 555 g/mol. The van der Waals surface area contributed by atoms with Crippen molar-refractivity contribution in [1.29, 1.82) is 0 Å². The number of nitrogens with two attached hydrogens (primary N) is 1. The molecule has 22 heteroatoms. The molecule has 196 valence electrons. The maximum atomic E-state index is 13.8. The van der Waals surface area contributed by atoms with Crippen molar-refractivity contribution < 1.29 is 35.3 Å². The van der Waals surface area contributed by atoms with Crippen LogP contribution in [-0.4, -0.2) is 108 Å². The number of Topliss-reactive ketones (excluding diaryl/α,β-unsaturated/α-hetero) is 1. The van der Waals surface area contributed by atoms with Gasteiger partial charge in [0.1, 0.15) is 86.3 Å². The minimum absolute atomic E-state index is 0.0546. The van der Waals surface area contributed by atoms with E-state index in [0.29, 0.717) is 5.56 Å². The Balaban J connectivity index is 2.14. The molecule has 1 atom stereocenters. The fraction of sp³-hybridized carbons (Fsp3) is 0.167. The summed E-state index contributed by atoms with van der Waals surface area (Å²) in [4.78, 5) is 13.8. The van der Waals surface area contributed by atoms with Crippen LogP contribution < -0.4 is 54.9 Å². The molecule has 0 saturated carbocycles. The summed E-state index contributed by atoms with van der Waals surface area (Å²) >= 11 is 0. The highest BCUT2D eigenvalue weighted by atomic mass is 32.2. The zero-order valence-corrected chi connectivity index (χ0v) is 26.0. The molecule has 0 saturated heterocycles. The highest BCUT2D eigenvalue weighted by Crippen LogP contribution is 2.37. The Morgan fingerprint density at radius 1 is 0.725 bits per heavy atom. The standard InChI is InChI=1S/C18H26B12F3NO5S/c19-4-1(5(20)9(24)3(8(4)23)18(31,32)33)16(28)14(35)13(15(34)38-16)39-40(36,37)17(29,30)2-6(21)10(25)12(27)11(26)7(2)22/h19-30,34H2/t16-/m0/s1. The van der Waals surface area contributed by atoms with Crippen molar-refractivity contribution in [2.75, 3.05) is 0 Å². The summed E-state index contributed by atoms with van der Waals surface area (Å²) in [5, 5.41) is 0. The van der Waals surface area contributed by atoms with Gasteiger partial charge < -0.3 is 14.7 Å². The molecule has 0 aliphatic carbocycles. The Labute approximate surface area is 244 Å². The van der Waals surface area contributed by atoms with Crippen molar-refractivity contribution in [2.24, 2.45) is 5.73 Å². The first-order valence-electron chi connectivity index (χ1n) is 12.9. The summed E-state index contributed by atoms with van der Waals surface area (Å²) in [5.41, 5.74) is 8.94. The molecule has 1 heterocycles. The summed E-state index contributed by atoms with van der Waals surface area (Å²) in [6.45, 7) is 0. The molecule has 40 heavy (non-hydrogen) atoms. The van der Waals surface area contributed by atoms with Crippen LogP contribution >= 0.6 is 0 Å². The van der Waals surface area contributed by atoms with Gasteiger partial charge in [0.25, 0.3) is 0 Å². The topological polar surface area (TPSA) is 95.7 Å². The maximum absolute atomic E-state index is 13.8. The molecule has 0 unspecified atom stereocenters. The van der Waals surface area contributed by atoms with Crippen molar-refractivity contribution in [1.82, 2.24) is 0 Å². The number of ketones is 1. The third kappa shape index (κ3) is 4.62. The molecule has 6 nitrogen and oxygen atoms in total. The lowest BCUT2D eigenvalue weighted by Crippen LogP contribution is -2.60. The second-order valence-corrected chi connectivity index (χ2v) is 13.5. The summed E-state index contributed by atoms with van der Waals surface area (Å²) < 4.78 is 78.7. The predicted molar refractivity (Wildman–Crippen MR) is 188 cm³/mol. The second kappa shape index (κ2) is 9.95. The largest absolute Gasteiger partial charge is 0.467 e. The summed E-state index contributed by atoms with van der Waals surface area (Å²) in [6, 6.07) is 0. The van der Waals surface area contributed by atoms with Gasteiger partial charge in [-0.1, -0.05) is 38.3 Å². The Kier molecular flexibility index (Phi) is 8.03. The lowest BCUT2D eigenvalue weighted by molar-refractivity contribution is -0.135. The van der Waals surface area contributed by atoms with Crippen LogP contribution in [0.5, 0.6) is 0 Å². The molecule has 0 amide bonds. The highest BCUT2D eigenvalue weighted by Gasteiger charge is 2.53. The van der Waals surface area contributed by atoms with Crippen molar-refractivity contribution in [3.8, 4) is 0 Å². The Morgan fingerprint density at radius 3 is 1.50 bits per heavy atom. The average Bonchev–Trinajstić information content (AvgIpc) is 3.02. The van der Waals surface area contributed by atoms with E-state index in [9.17, 15) is 26.4 Å². The van der Waals surface area contributed by atoms with Gasteiger partial charge in [-0.25, -0.2) is 0 Å². The Hall–Kier alpha value is -2.23. The van der Waals surface area contributed by atoms with Gasteiger partial charge in [-0.3, -0.25) is 4.79 Å². The van der Waals surface area contributed by atoms with E-state index in [-0.39, 0.29) is 27.4 Å². The zero-order chi connectivity index (χ0) is 31.1. The van der Waals surface area contributed by atoms with E-state index in [1.54, 1.807) is 0 Å². The molecular formula is C18H26B12F3NO5S. The van der Waals surface area contributed by atoms with Gasteiger partial charge in [-0.15, -0.1) is 16.4 Å². The summed E-state index contributed by atoms with van der Waals surface area (Å²) in [7, 11) is 14.9. The van der Waals surface area contributed by atoms with Crippen LogP contribution in [0.4, 0.5) is 13.2 Å². The molecular weight excluding hydrogens is 529 g/mol. The van der Waals surface area contributed by atoms with Gasteiger partial charge in [0.2, 0.25) is 17.4 Å². The van der Waals surface area contributed by atoms with Crippen molar-refractivity contribution in [3.05, 3.63) is 28.3 Å². The third-order valence-corrected chi connectivity index (χ3v) is 10.8. The Bertz CT molecular complexity index is 1570. The minimum atomic E-state index is -4.60. The van der Waals surface area contributed by atoms with Gasteiger partial charge in [-0.2, -0.15) is 21.6 Å². The fourth-order valence-electron chi connectivity index (χ4n) is 6.08. The molecule has 0 bridgehead atoms. The van der Waals surface area contributed by atoms with Gasteiger partial charge in [0, 0.05) is 5.56 Å². The number of carbonyl (C=O) groups is 1. The smallest absolute Gasteiger partial charge is 0.415 e. The zero-order valence-electron chi connectivity index (χ0n) is 25.2. The lowest BCUT2D eigenvalue weighted by atomic mass is 9.53. The highest BCUT2D eigenvalue weighted by molar-refractivity contribution is 7.90. The van der Waals surface area contributed by atoms with Gasteiger partial charge in [-0.05, 0) is 5.56 Å². The first-order chi connectivity index (χ1) is 17.9. The summed E-state index contributed by atoms with van der Waals surface area (Å²) in [6.07, 6.45) is -4.60. The van der Waals surface area contributed by atoms with Crippen molar-refractivity contribution in [2.45, 2.75) is 16.2 Å². The van der Waals surface area contributed by atoms with Crippen LogP contribution in [0.2, 0.25) is 0 Å². The number of ether oxygens (including phenoxy) is 1. The van der Waals surface area contributed by atoms with E-state index in [4.69, 9.17) is 14.7 Å². The summed E-state index contributed by atoms with van der Waals surface area (Å²) in [5.74, 6) is -2.13. The molecule has 2 N–H and O–H groups in total. The quantitative estimate of drug-likeness (QED) is 0.291. The molecule has 1 aliphatic heterocycles. The van der Waals surface area contributed by atoms with Crippen LogP contribution in [0, 0.1) is 0 Å². The molecule has 0 aromatic heterocycles. The number of hydrogen-bond donors (Lipinski definition) is 1. The number of hydrogen-bond acceptors (Lipinski definition) is 6. The normalized spacial score (nSPS) is 18.1. The second-order valence-electron chi connectivity index (χ2n) is 11.5. The Morgan fingerprint density at radius 2 is 1.10 bits per heavy atom. The minimum Gasteiger partial charge on any atom is -0.467 e. The van der Waals surface area contributed by atoms with Crippen LogP contribution in [0.15, 0.2) is 11.6 Å². The van der Waals surface area contributed by atoms with Gasteiger partial charge in [0.05, 0.1) is 4.55 Å². The third-order valence-electron chi connectivity index (χ3n) is 8.98. The molecule has 0 spiro atoms. The first-order valence-corrected chi connectivity index (χ1v) is 14.3. The number of benzene rings is 2. The van der Waals surface area contributed by atoms with E-state index in [0.717, 1.165) is 27.3 Å². The van der Waals surface area contributed by atoms with Crippen LogP contribution in [0.3, 0.4) is 0 Å². The monoisotopic (exact) mass is 557 g/mol. The molecule has 2 aromatic rings. The molecule has 1 aliphatic rings. The van der Waals surface area contributed by atoms with E-state index in [2.05, 4.69) is 0 Å². The maximum Gasteiger partial charge on any atom is 0.415 e. The fourth-order valence-corrected chi connectivity index (χ4v) is 7.22. The lowest BCUT2D eigenvalue weighted by Gasteiger charge is -2.33. The van der Waals surface area contributed by atoms with Gasteiger partial charge >= 0.3 is 16.3 Å². The van der Waals surface area contributed by atoms with Crippen molar-refractivity contribution in [3.63, 3.8) is 0 Å². The molecule has 2 aromatic carbocycles. The number of rotatable bonds is 5. The SMILES string of the molecule is Bc1c(B)c(B)c(C(B)(B)S(=O)(=O)OC2=C(N)O[C@@](B)(c3c(B)c(B)c(C(F)(F)F)c(B)c3B)C2=O)c(B)c1B. The van der Waals surface area contributed by atoms with Crippen LogP contribution in [0.25, 0.3) is 0 Å². The van der Waals surface area contributed by atoms with Crippen LogP contribution in [-0.2, 0) is 40.1 Å². The number of carbonyl (C=O) groups excluding carboxylic acids is 1. The number of halogens is 3. The predicted octanol–water partition coefficient (Wildman–Crippen LogP) is -16.0. The molecule has 0 fully saturated rings. The van der Waals surface area contributed by atoms with Gasteiger partial charge in [0.15, 0.2) is 13.3 Å². The first kappa shape index (κ1) is 32.3. The van der Waals surface area contributed by atoms with E-state index in [1.165, 1.54) is 54.9 Å². The number of alkyl halides is 3. The molecule has 3 rings (SSSR count). The van der Waals surface area contributed by atoms with E-state index < -0.39 is 49.3 Å². The van der Waals surface area contributed by atoms with Crippen LogP contribution in [0.1, 0.15) is 16.7 Å². The van der Waals surface area contributed by atoms with E-state index >= 15 is 0 Å².